The molecule has 0 aromatic heterocycles. The maximum absolute atomic E-state index is 8.25. The van der Waals surface area contributed by atoms with E-state index in [0.717, 1.165) is 0 Å². The fraction of sp³-hybridized carbons (Fsp3) is 0. The molecule has 0 aliphatic heterocycles. The van der Waals surface area contributed by atoms with Crippen molar-refractivity contribution in [3.63, 3.8) is 0 Å². The summed E-state index contributed by atoms with van der Waals surface area (Å²) in [5.41, 5.74) is 0. The Morgan fingerprint density at radius 3 is 0.364 bits per heavy atom. The van der Waals surface area contributed by atoms with Crippen LogP contribution in [0.25, 0.3) is 0 Å². The molecule has 0 saturated heterocycles. The molecule has 0 rings (SSSR count). The zero-order valence-corrected chi connectivity index (χ0v) is 14.5. The Hall–Kier alpha value is -1.65. The first-order valence-electron chi connectivity index (χ1n) is 2.74. The Kier molecular flexibility index (Phi) is 71.0. The summed E-state index contributed by atoms with van der Waals surface area (Å²) in [6.07, 6.45) is 0. The van der Waals surface area contributed by atoms with E-state index in [1.165, 1.54) is 0 Å². The van der Waals surface area contributed by atoms with Gasteiger partial charge in [-0.15, -0.1) is 0 Å². The number of hydrogen-bond donors (Lipinski definition) is 0. The zero-order chi connectivity index (χ0) is 17.9. The summed E-state index contributed by atoms with van der Waals surface area (Å²) in [6, 6.07) is 0. The molecule has 0 heterocycles. The molecule has 0 aliphatic rings. The van der Waals surface area contributed by atoms with E-state index < -0.39 is 25.4 Å². The van der Waals surface area contributed by atoms with Gasteiger partial charge in [0.05, 0.1) is 25.4 Å². The van der Waals surface area contributed by atoms with Crippen molar-refractivity contribution in [3.05, 3.63) is 76.6 Å². The van der Waals surface area contributed by atoms with Gasteiger partial charge < -0.3 is 76.6 Å². The van der Waals surface area contributed by atoms with E-state index in [1.54, 1.807) is 0 Å². The van der Waals surface area contributed by atoms with E-state index in [2.05, 4.69) is 0 Å². The van der Waals surface area contributed by atoms with E-state index >= 15 is 0 Å². The summed E-state index contributed by atoms with van der Waals surface area (Å²) in [6.45, 7) is 0. The molecule has 0 radical (unpaired) electrons. The average Bonchev–Trinajstić information content (AvgIpc) is 1.94. The molecule has 0 atom stereocenters. The van der Waals surface area contributed by atoms with Gasteiger partial charge in [-0.1, -0.05) is 0 Å². The van der Waals surface area contributed by atoms with Crippen molar-refractivity contribution in [2.45, 2.75) is 0 Å². The Bertz CT molecular complexity index is 213. The molecular weight excluding hydrogens is 397 g/mol. The number of rotatable bonds is 0. The smallest absolute Gasteiger partial charge is 0.356 e. The summed E-state index contributed by atoms with van der Waals surface area (Å²) >= 11 is 0. The van der Waals surface area contributed by atoms with Crippen LogP contribution in [-0.2, 0) is 21.7 Å². The van der Waals surface area contributed by atoms with E-state index in [0.29, 0.717) is 0 Å². The molecule has 120 valence electrons. The van der Waals surface area contributed by atoms with Crippen LogP contribution in [0.15, 0.2) is 0 Å². The van der Waals surface area contributed by atoms with Crippen LogP contribution in [-0.4, -0.2) is 25.4 Å². The van der Waals surface area contributed by atoms with Gasteiger partial charge in [-0.3, -0.25) is 0 Å². The van der Waals surface area contributed by atoms with Crippen LogP contribution in [0.4, 0.5) is 0 Å². The third-order valence-electron chi connectivity index (χ3n) is 0. The van der Waals surface area contributed by atoms with E-state index in [4.69, 9.17) is 76.6 Å². The molecule has 22 heavy (non-hydrogen) atoms. The largest absolute Gasteiger partial charge is 4.00 e. The van der Waals surface area contributed by atoms with Crippen LogP contribution in [0.5, 0.6) is 0 Å². The molecule has 0 amide bonds. The maximum Gasteiger partial charge on any atom is 4.00 e. The van der Waals surface area contributed by atoms with Crippen LogP contribution in [0.1, 0.15) is 0 Å². The maximum atomic E-state index is 8.25. The predicted molar refractivity (Wildman–Crippen MR) is 51.8 cm³/mol. The summed E-state index contributed by atoms with van der Waals surface area (Å²) in [7, 11) is 0. The van der Waals surface area contributed by atoms with Crippen molar-refractivity contribution in [2.75, 3.05) is 0 Å². The first-order valence-corrected chi connectivity index (χ1v) is 2.74. The van der Waals surface area contributed by atoms with Crippen molar-refractivity contribution in [3.8, 4) is 0 Å². The quantitative estimate of drug-likeness (QED) is 0.212. The van der Waals surface area contributed by atoms with Crippen molar-refractivity contribution in [1.29, 1.82) is 0 Å². The molecular formula is KN5O15Ti. The predicted octanol–water partition coefficient (Wildman–Crippen LogP) is -4.19. The van der Waals surface area contributed by atoms with Gasteiger partial charge in [-0.2, -0.15) is 0 Å². The Morgan fingerprint density at radius 2 is 0.364 bits per heavy atom. The Morgan fingerprint density at radius 1 is 0.364 bits per heavy atom. The third kappa shape index (κ3) is 2030. The molecule has 22 heteroatoms. The Labute approximate surface area is 173 Å². The van der Waals surface area contributed by atoms with E-state index in [1.807, 2.05) is 0 Å². The molecule has 0 unspecified atom stereocenters. The van der Waals surface area contributed by atoms with Gasteiger partial charge in [0.25, 0.3) is 0 Å². The third-order valence-corrected chi connectivity index (χ3v) is 0. The SMILES string of the molecule is O=[N+]([O-])[O-].O=[N+]([O-])[O-].O=[N+]([O-])[O-].O=[N+]([O-])[O-].O=[N+]([O-])[O-].[K+].[Ti+4]. The topological polar surface area (TPSA) is 331 Å². The first kappa shape index (κ1) is 42.8. The Balaban J connectivity index is -0.0000000250. The molecule has 0 bridgehead atoms. The molecule has 0 aliphatic carbocycles. The van der Waals surface area contributed by atoms with Crippen LogP contribution < -0.4 is 51.4 Å². The monoisotopic (exact) mass is 397 g/mol. The van der Waals surface area contributed by atoms with Gasteiger partial charge in [-0.25, -0.2) is 0 Å². The normalized spacial score (nSPS) is 5.45. The van der Waals surface area contributed by atoms with Crippen LogP contribution in [0.3, 0.4) is 0 Å². The van der Waals surface area contributed by atoms with Crippen molar-refractivity contribution < 1.29 is 98.5 Å². The molecule has 0 N–H and O–H groups in total. The standard InChI is InChI=1S/K.5NO3.Ti/c;5*2-1(3)4;/q+1;5*-1;+4. The van der Waals surface area contributed by atoms with Crippen molar-refractivity contribution in [2.24, 2.45) is 0 Å². The fourth-order valence-corrected chi connectivity index (χ4v) is 0. The minimum absolute atomic E-state index is 0. The average molecular weight is 397 g/mol. The zero-order valence-electron chi connectivity index (χ0n) is 9.86. The van der Waals surface area contributed by atoms with Crippen LogP contribution >= 0.6 is 0 Å². The molecule has 0 spiro atoms. The van der Waals surface area contributed by atoms with E-state index in [9.17, 15) is 0 Å². The molecule has 0 aromatic rings. The summed E-state index contributed by atoms with van der Waals surface area (Å²) in [5, 5.41) is 73.8. The summed E-state index contributed by atoms with van der Waals surface area (Å²) < 4.78 is 0. The first-order chi connectivity index (χ1) is 8.66. The van der Waals surface area contributed by atoms with Gasteiger partial charge in [-0.05, 0) is 0 Å². The second-order valence-corrected chi connectivity index (χ2v) is 1.12. The van der Waals surface area contributed by atoms with Gasteiger partial charge in [0.2, 0.25) is 0 Å². The number of nitrogens with zero attached hydrogens (tertiary/aromatic N) is 5. The second-order valence-electron chi connectivity index (χ2n) is 1.12. The summed E-state index contributed by atoms with van der Waals surface area (Å²) in [5.74, 6) is 0. The minimum Gasteiger partial charge on any atom is -0.356 e. The fourth-order valence-electron chi connectivity index (χ4n) is 0. The summed E-state index contributed by atoms with van der Waals surface area (Å²) in [4.78, 5) is 41.2. The van der Waals surface area contributed by atoms with Crippen molar-refractivity contribution in [1.82, 2.24) is 0 Å². The molecule has 0 saturated carbocycles. The van der Waals surface area contributed by atoms with Crippen LogP contribution in [0, 0.1) is 76.6 Å². The number of hydrogen-bond acceptors (Lipinski definition) is 15. The minimum atomic E-state index is -1.75. The van der Waals surface area contributed by atoms with Crippen LogP contribution in [0.2, 0.25) is 0 Å². The van der Waals surface area contributed by atoms with E-state index in [-0.39, 0.29) is 73.1 Å². The van der Waals surface area contributed by atoms with Gasteiger partial charge in [0.1, 0.15) is 0 Å². The van der Waals surface area contributed by atoms with Gasteiger partial charge in [0.15, 0.2) is 0 Å². The molecule has 20 nitrogen and oxygen atoms in total. The molecule has 0 aromatic carbocycles. The molecule has 0 fully saturated rings. The van der Waals surface area contributed by atoms with Crippen molar-refractivity contribution >= 4 is 0 Å². The van der Waals surface area contributed by atoms with Gasteiger partial charge in [0, 0.05) is 0 Å². The van der Waals surface area contributed by atoms with Gasteiger partial charge >= 0.3 is 73.1 Å². The second kappa shape index (κ2) is 36.6.